The summed E-state index contributed by atoms with van der Waals surface area (Å²) in [4.78, 5) is 7.50. The fourth-order valence-corrected chi connectivity index (χ4v) is 4.52. The molecule has 1 aliphatic rings. The van der Waals surface area contributed by atoms with Crippen molar-refractivity contribution in [3.8, 4) is 22.6 Å². The van der Waals surface area contributed by atoms with E-state index in [0.717, 1.165) is 64.8 Å². The van der Waals surface area contributed by atoms with E-state index in [1.54, 1.807) is 11.8 Å². The molecule has 4 rings (SSSR count). The average molecular weight is 398 g/mol. The van der Waals surface area contributed by atoms with Crippen molar-refractivity contribution < 1.29 is 9.47 Å². The molecular weight excluding hydrogens is 370 g/mol. The highest BCUT2D eigenvalue weighted by atomic mass is 32.2. The van der Waals surface area contributed by atoms with E-state index in [9.17, 15) is 0 Å². The number of imidazole rings is 1. The monoisotopic (exact) mass is 397 g/mol. The van der Waals surface area contributed by atoms with Crippen LogP contribution in [0.25, 0.3) is 16.8 Å². The maximum Gasteiger partial charge on any atom is 0.231 e. The maximum absolute atomic E-state index is 5.69. The van der Waals surface area contributed by atoms with E-state index in [1.807, 2.05) is 6.07 Å². The van der Waals surface area contributed by atoms with Crippen molar-refractivity contribution in [2.24, 2.45) is 0 Å². The van der Waals surface area contributed by atoms with Crippen molar-refractivity contribution in [2.45, 2.75) is 38.6 Å². The highest BCUT2D eigenvalue weighted by Gasteiger charge is 2.23. The Balaban J connectivity index is 1.91. The van der Waals surface area contributed by atoms with Crippen LogP contribution in [0.2, 0.25) is 0 Å². The molecule has 0 atom stereocenters. The van der Waals surface area contributed by atoms with E-state index >= 15 is 0 Å². The predicted octanol–water partition coefficient (Wildman–Crippen LogP) is 5.39. The van der Waals surface area contributed by atoms with E-state index in [0.29, 0.717) is 0 Å². The number of thioether (sulfide) groups is 1. The summed E-state index contributed by atoms with van der Waals surface area (Å²) in [5.41, 5.74) is 4.34. The zero-order chi connectivity index (χ0) is 19.7. The van der Waals surface area contributed by atoms with Gasteiger partial charge in [-0.25, -0.2) is 4.98 Å². The zero-order valence-corrected chi connectivity index (χ0v) is 17.8. The molecule has 1 aliphatic heterocycles. The molecule has 0 unspecified atom stereocenters. The quantitative estimate of drug-likeness (QED) is 0.500. The van der Waals surface area contributed by atoms with Crippen LogP contribution < -0.4 is 14.4 Å². The predicted molar refractivity (Wildman–Crippen MR) is 116 cm³/mol. The lowest BCUT2D eigenvalue weighted by molar-refractivity contribution is 0.173. The van der Waals surface area contributed by atoms with Gasteiger partial charge in [0, 0.05) is 30.4 Å². The summed E-state index contributed by atoms with van der Waals surface area (Å²) in [7, 11) is 0. The number of fused-ring (bicyclic) bond motifs is 2. The van der Waals surface area contributed by atoms with Crippen molar-refractivity contribution >= 4 is 23.2 Å². The zero-order valence-electron chi connectivity index (χ0n) is 17.0. The molecular formula is C22H27N3O2S. The SMILES string of the molecule is CCCN(CCC)c1c(SC)nc2c(-c3ccc4c(c3C)OCO4)cccn12. The van der Waals surface area contributed by atoms with Crippen LogP contribution in [0.5, 0.6) is 11.5 Å². The van der Waals surface area contributed by atoms with Gasteiger partial charge in [-0.3, -0.25) is 4.40 Å². The van der Waals surface area contributed by atoms with Crippen LogP contribution in [0.4, 0.5) is 5.82 Å². The standard InChI is InChI=1S/C22H27N3O2S/c1-5-11-24(12-6-2)22-21(28-4)23-20-17(8-7-13-25(20)22)16-9-10-18-19(15(16)3)27-14-26-18/h7-10,13H,5-6,11-12,14H2,1-4H3. The van der Waals surface area contributed by atoms with E-state index in [2.05, 4.69) is 60.7 Å². The normalized spacial score (nSPS) is 12.7. The number of hydrogen-bond acceptors (Lipinski definition) is 5. The van der Waals surface area contributed by atoms with Crippen LogP contribution in [-0.2, 0) is 0 Å². The van der Waals surface area contributed by atoms with E-state index in [1.165, 1.54) is 5.82 Å². The summed E-state index contributed by atoms with van der Waals surface area (Å²) in [6, 6.07) is 8.36. The van der Waals surface area contributed by atoms with Crippen LogP contribution in [-0.4, -0.2) is 35.5 Å². The molecule has 5 nitrogen and oxygen atoms in total. The minimum Gasteiger partial charge on any atom is -0.454 e. The molecule has 0 saturated heterocycles. The minimum absolute atomic E-state index is 0.289. The van der Waals surface area contributed by atoms with Gasteiger partial charge in [0.1, 0.15) is 16.5 Å². The van der Waals surface area contributed by atoms with Gasteiger partial charge < -0.3 is 14.4 Å². The summed E-state index contributed by atoms with van der Waals surface area (Å²) in [5, 5.41) is 1.08. The number of nitrogens with zero attached hydrogens (tertiary/aromatic N) is 3. The number of benzene rings is 1. The summed E-state index contributed by atoms with van der Waals surface area (Å²) in [6.45, 7) is 8.90. The fraction of sp³-hybridized carbons (Fsp3) is 0.409. The third-order valence-electron chi connectivity index (χ3n) is 5.15. The molecule has 0 bridgehead atoms. The van der Waals surface area contributed by atoms with Crippen LogP contribution in [0.3, 0.4) is 0 Å². The molecule has 0 fully saturated rings. The van der Waals surface area contributed by atoms with Gasteiger partial charge in [0.25, 0.3) is 0 Å². The Morgan fingerprint density at radius 3 is 2.61 bits per heavy atom. The molecule has 2 aromatic heterocycles. The van der Waals surface area contributed by atoms with Gasteiger partial charge >= 0.3 is 0 Å². The van der Waals surface area contributed by atoms with E-state index in [-0.39, 0.29) is 6.79 Å². The van der Waals surface area contributed by atoms with Gasteiger partial charge in [0.15, 0.2) is 11.5 Å². The molecule has 6 heteroatoms. The van der Waals surface area contributed by atoms with Crippen LogP contribution in [0.15, 0.2) is 35.5 Å². The summed E-state index contributed by atoms with van der Waals surface area (Å²) >= 11 is 1.71. The number of ether oxygens (including phenoxy) is 2. The fourth-order valence-electron chi connectivity index (χ4n) is 3.94. The Morgan fingerprint density at radius 1 is 1.11 bits per heavy atom. The van der Waals surface area contributed by atoms with Crippen molar-refractivity contribution in [3.63, 3.8) is 0 Å². The lowest BCUT2D eigenvalue weighted by atomic mass is 10.0. The molecule has 0 radical (unpaired) electrons. The maximum atomic E-state index is 5.69. The molecule has 0 amide bonds. The number of pyridine rings is 1. The van der Waals surface area contributed by atoms with Gasteiger partial charge in [-0.2, -0.15) is 0 Å². The molecule has 0 aliphatic carbocycles. The van der Waals surface area contributed by atoms with Gasteiger partial charge in [0.05, 0.1) is 0 Å². The van der Waals surface area contributed by atoms with Gasteiger partial charge in [-0.05, 0) is 49.8 Å². The minimum atomic E-state index is 0.289. The first-order valence-corrected chi connectivity index (χ1v) is 11.1. The van der Waals surface area contributed by atoms with Crippen LogP contribution >= 0.6 is 11.8 Å². The highest BCUT2D eigenvalue weighted by molar-refractivity contribution is 7.98. The van der Waals surface area contributed by atoms with E-state index < -0.39 is 0 Å². The molecule has 148 valence electrons. The number of rotatable bonds is 7. The average Bonchev–Trinajstić information content (AvgIpc) is 3.33. The molecule has 0 spiro atoms. The Hall–Kier alpha value is -2.34. The Kier molecular flexibility index (Phi) is 5.40. The first kappa shape index (κ1) is 19.0. The van der Waals surface area contributed by atoms with Crippen molar-refractivity contribution in [1.82, 2.24) is 9.38 Å². The lowest BCUT2D eigenvalue weighted by Crippen LogP contribution is -2.26. The second-order valence-corrected chi connectivity index (χ2v) is 7.81. The molecule has 0 saturated carbocycles. The second-order valence-electron chi connectivity index (χ2n) is 7.02. The number of hydrogen-bond donors (Lipinski definition) is 0. The van der Waals surface area contributed by atoms with Crippen molar-refractivity contribution in [2.75, 3.05) is 31.0 Å². The Labute approximate surface area is 170 Å². The van der Waals surface area contributed by atoms with Crippen LogP contribution in [0, 0.1) is 6.92 Å². The van der Waals surface area contributed by atoms with Crippen molar-refractivity contribution in [1.29, 1.82) is 0 Å². The molecule has 0 N–H and O–H groups in total. The van der Waals surface area contributed by atoms with Crippen LogP contribution in [0.1, 0.15) is 32.3 Å². The molecule has 3 aromatic rings. The number of anilines is 1. The Morgan fingerprint density at radius 2 is 1.89 bits per heavy atom. The van der Waals surface area contributed by atoms with Gasteiger partial charge in [-0.1, -0.05) is 19.9 Å². The lowest BCUT2D eigenvalue weighted by Gasteiger charge is -2.24. The Bertz CT molecular complexity index is 993. The first-order chi connectivity index (χ1) is 13.7. The van der Waals surface area contributed by atoms with Gasteiger partial charge in [-0.15, -0.1) is 11.8 Å². The second kappa shape index (κ2) is 7.95. The first-order valence-electron chi connectivity index (χ1n) is 9.89. The topological polar surface area (TPSA) is 39.0 Å². The summed E-state index contributed by atoms with van der Waals surface area (Å²) < 4.78 is 13.5. The third kappa shape index (κ3) is 3.09. The summed E-state index contributed by atoms with van der Waals surface area (Å²) in [6.07, 6.45) is 6.46. The van der Waals surface area contributed by atoms with E-state index in [4.69, 9.17) is 14.5 Å². The molecule has 3 heterocycles. The largest absolute Gasteiger partial charge is 0.454 e. The van der Waals surface area contributed by atoms with Gasteiger partial charge in [0.2, 0.25) is 6.79 Å². The third-order valence-corrected chi connectivity index (χ3v) is 5.81. The smallest absolute Gasteiger partial charge is 0.231 e. The molecule has 1 aromatic carbocycles. The van der Waals surface area contributed by atoms with Crippen molar-refractivity contribution in [3.05, 3.63) is 36.0 Å². The summed E-state index contributed by atoms with van der Waals surface area (Å²) in [5.74, 6) is 2.86. The number of aromatic nitrogens is 2. The molecule has 28 heavy (non-hydrogen) atoms. The highest BCUT2D eigenvalue weighted by Crippen LogP contribution is 2.42.